The summed E-state index contributed by atoms with van der Waals surface area (Å²) in [4.78, 5) is 8.83. The number of nitrogens with one attached hydrogen (secondary N) is 1. The molecule has 1 fully saturated rings. The standard InChI is InChI=1S/C16H17N5O/c1-10-8-11(17)2-5-13(10)22-14-9-19-15(20-12-3-4-12)16-18-6-7-21(14)16/h2,5-9,12H,3-4,17H2,1H3,(H,19,20). The number of nitrogen functional groups attached to an aromatic ring is 1. The minimum atomic E-state index is 0.527. The molecule has 6 heteroatoms. The Balaban J connectivity index is 1.71. The van der Waals surface area contributed by atoms with E-state index in [0.717, 1.165) is 28.5 Å². The number of aromatic nitrogens is 3. The summed E-state index contributed by atoms with van der Waals surface area (Å²) in [5, 5.41) is 3.39. The second kappa shape index (κ2) is 4.91. The largest absolute Gasteiger partial charge is 0.438 e. The van der Waals surface area contributed by atoms with Crippen molar-refractivity contribution < 1.29 is 4.74 Å². The van der Waals surface area contributed by atoms with Crippen LogP contribution in [-0.2, 0) is 0 Å². The summed E-state index contributed by atoms with van der Waals surface area (Å²) in [6.07, 6.45) is 7.72. The molecule has 4 rings (SSSR count). The van der Waals surface area contributed by atoms with Crippen LogP contribution in [0.1, 0.15) is 18.4 Å². The van der Waals surface area contributed by atoms with Crippen LogP contribution in [0.4, 0.5) is 11.5 Å². The fourth-order valence-corrected chi connectivity index (χ4v) is 2.39. The molecule has 22 heavy (non-hydrogen) atoms. The van der Waals surface area contributed by atoms with E-state index in [9.17, 15) is 0 Å². The van der Waals surface area contributed by atoms with Crippen LogP contribution in [0.5, 0.6) is 11.6 Å². The Labute approximate surface area is 128 Å². The second-order valence-corrected chi connectivity index (χ2v) is 5.61. The lowest BCUT2D eigenvalue weighted by Gasteiger charge is -2.12. The number of fused-ring (bicyclic) bond motifs is 1. The molecule has 2 aromatic heterocycles. The monoisotopic (exact) mass is 295 g/mol. The predicted molar refractivity (Wildman–Crippen MR) is 85.3 cm³/mol. The zero-order valence-corrected chi connectivity index (χ0v) is 12.3. The van der Waals surface area contributed by atoms with Crippen molar-refractivity contribution in [2.75, 3.05) is 11.1 Å². The van der Waals surface area contributed by atoms with E-state index in [4.69, 9.17) is 10.5 Å². The number of nitrogens with zero attached hydrogens (tertiary/aromatic N) is 3. The number of benzene rings is 1. The zero-order valence-electron chi connectivity index (χ0n) is 12.3. The average molecular weight is 295 g/mol. The number of nitrogens with two attached hydrogens (primary N) is 1. The number of hydrogen-bond donors (Lipinski definition) is 2. The van der Waals surface area contributed by atoms with Crippen LogP contribution < -0.4 is 15.8 Å². The molecule has 1 aliphatic carbocycles. The van der Waals surface area contributed by atoms with E-state index in [1.54, 1.807) is 12.4 Å². The molecule has 0 aliphatic heterocycles. The third kappa shape index (κ3) is 2.32. The minimum Gasteiger partial charge on any atom is -0.438 e. The first kappa shape index (κ1) is 12.9. The maximum Gasteiger partial charge on any atom is 0.224 e. The van der Waals surface area contributed by atoms with Crippen molar-refractivity contribution in [1.82, 2.24) is 14.4 Å². The van der Waals surface area contributed by atoms with E-state index >= 15 is 0 Å². The number of anilines is 2. The molecule has 0 atom stereocenters. The van der Waals surface area contributed by atoms with Gasteiger partial charge in [-0.15, -0.1) is 0 Å². The summed E-state index contributed by atoms with van der Waals surface area (Å²) >= 11 is 0. The van der Waals surface area contributed by atoms with E-state index in [1.807, 2.05) is 35.7 Å². The summed E-state index contributed by atoms with van der Waals surface area (Å²) in [5.74, 6) is 2.18. The Kier molecular flexibility index (Phi) is 2.89. The Morgan fingerprint density at radius 1 is 1.32 bits per heavy atom. The van der Waals surface area contributed by atoms with Gasteiger partial charge in [0, 0.05) is 24.1 Å². The molecule has 112 valence electrons. The maximum atomic E-state index is 5.99. The second-order valence-electron chi connectivity index (χ2n) is 5.61. The van der Waals surface area contributed by atoms with Crippen molar-refractivity contribution in [3.05, 3.63) is 42.4 Å². The van der Waals surface area contributed by atoms with Crippen LogP contribution in [-0.4, -0.2) is 20.4 Å². The van der Waals surface area contributed by atoms with E-state index in [2.05, 4.69) is 15.3 Å². The van der Waals surface area contributed by atoms with Gasteiger partial charge in [0.25, 0.3) is 0 Å². The first-order chi connectivity index (χ1) is 10.7. The summed E-state index contributed by atoms with van der Waals surface area (Å²) in [7, 11) is 0. The number of imidazole rings is 1. The first-order valence-corrected chi connectivity index (χ1v) is 7.33. The molecule has 3 aromatic rings. The molecule has 3 N–H and O–H groups in total. The predicted octanol–water partition coefficient (Wildman–Crippen LogP) is 2.99. The minimum absolute atomic E-state index is 0.527. The molecular weight excluding hydrogens is 278 g/mol. The van der Waals surface area contributed by atoms with Crippen LogP contribution >= 0.6 is 0 Å². The number of rotatable bonds is 4. The van der Waals surface area contributed by atoms with Crippen molar-refractivity contribution in [3.63, 3.8) is 0 Å². The van der Waals surface area contributed by atoms with Gasteiger partial charge in [-0.2, -0.15) is 0 Å². The van der Waals surface area contributed by atoms with Crippen molar-refractivity contribution in [2.24, 2.45) is 0 Å². The quantitative estimate of drug-likeness (QED) is 0.723. The lowest BCUT2D eigenvalue weighted by Crippen LogP contribution is -2.06. The Hall–Kier alpha value is -2.76. The highest BCUT2D eigenvalue weighted by atomic mass is 16.5. The van der Waals surface area contributed by atoms with Gasteiger partial charge < -0.3 is 15.8 Å². The normalized spacial score (nSPS) is 14.2. The molecule has 1 saturated carbocycles. The summed E-state index contributed by atoms with van der Waals surface area (Å²) in [5.41, 5.74) is 8.25. The number of hydrogen-bond acceptors (Lipinski definition) is 5. The molecule has 6 nitrogen and oxygen atoms in total. The SMILES string of the molecule is Cc1cc(N)ccc1Oc1cnc(NC2CC2)c2nccn12. The summed E-state index contributed by atoms with van der Waals surface area (Å²) < 4.78 is 7.88. The van der Waals surface area contributed by atoms with Crippen molar-refractivity contribution >= 4 is 17.2 Å². The summed E-state index contributed by atoms with van der Waals surface area (Å²) in [6.45, 7) is 1.97. The Morgan fingerprint density at radius 3 is 2.95 bits per heavy atom. The van der Waals surface area contributed by atoms with Crippen molar-refractivity contribution in [2.45, 2.75) is 25.8 Å². The topological polar surface area (TPSA) is 77.5 Å². The molecule has 1 aromatic carbocycles. The zero-order chi connectivity index (χ0) is 15.1. The highest BCUT2D eigenvalue weighted by Crippen LogP contribution is 2.30. The lowest BCUT2D eigenvalue weighted by molar-refractivity contribution is 0.450. The third-order valence-corrected chi connectivity index (χ3v) is 3.73. The highest BCUT2D eigenvalue weighted by Gasteiger charge is 2.23. The molecule has 0 radical (unpaired) electrons. The fraction of sp³-hybridized carbons (Fsp3) is 0.250. The third-order valence-electron chi connectivity index (χ3n) is 3.73. The van der Waals surface area contributed by atoms with E-state index < -0.39 is 0 Å². The molecule has 2 heterocycles. The van der Waals surface area contributed by atoms with Gasteiger partial charge >= 0.3 is 0 Å². The molecule has 0 spiro atoms. The highest BCUT2D eigenvalue weighted by molar-refractivity contribution is 5.64. The smallest absolute Gasteiger partial charge is 0.224 e. The summed E-state index contributed by atoms with van der Waals surface area (Å²) in [6, 6.07) is 6.10. The van der Waals surface area contributed by atoms with Crippen molar-refractivity contribution in [1.29, 1.82) is 0 Å². The first-order valence-electron chi connectivity index (χ1n) is 7.33. The Morgan fingerprint density at radius 2 is 2.18 bits per heavy atom. The fourth-order valence-electron chi connectivity index (χ4n) is 2.39. The van der Waals surface area contributed by atoms with Gasteiger partial charge in [-0.3, -0.25) is 4.40 Å². The van der Waals surface area contributed by atoms with Crippen molar-refractivity contribution in [3.8, 4) is 11.6 Å². The van der Waals surface area contributed by atoms with Crippen LogP contribution in [0, 0.1) is 6.92 Å². The molecule has 0 bridgehead atoms. The van der Waals surface area contributed by atoms with Crippen LogP contribution in [0.15, 0.2) is 36.8 Å². The van der Waals surface area contributed by atoms with Crippen LogP contribution in [0.3, 0.4) is 0 Å². The molecule has 0 amide bonds. The molecule has 0 unspecified atom stereocenters. The molecular formula is C16H17N5O. The van der Waals surface area contributed by atoms with Gasteiger partial charge in [0.1, 0.15) is 5.75 Å². The van der Waals surface area contributed by atoms with Gasteiger partial charge in [-0.25, -0.2) is 9.97 Å². The van der Waals surface area contributed by atoms with Gasteiger partial charge in [-0.05, 0) is 43.5 Å². The van der Waals surface area contributed by atoms with E-state index in [-0.39, 0.29) is 0 Å². The van der Waals surface area contributed by atoms with Gasteiger partial charge in [0.05, 0.1) is 6.20 Å². The van der Waals surface area contributed by atoms with E-state index in [0.29, 0.717) is 11.9 Å². The average Bonchev–Trinajstić information content (AvgIpc) is 3.16. The van der Waals surface area contributed by atoms with Gasteiger partial charge in [0.15, 0.2) is 11.5 Å². The van der Waals surface area contributed by atoms with Crippen LogP contribution in [0.2, 0.25) is 0 Å². The maximum absolute atomic E-state index is 5.99. The number of ether oxygens (including phenoxy) is 1. The van der Waals surface area contributed by atoms with Gasteiger partial charge in [0.2, 0.25) is 5.88 Å². The molecule has 0 saturated heterocycles. The Bertz CT molecular complexity index is 838. The lowest BCUT2D eigenvalue weighted by atomic mass is 10.2. The van der Waals surface area contributed by atoms with Crippen LogP contribution in [0.25, 0.3) is 5.65 Å². The number of aryl methyl sites for hydroxylation is 1. The van der Waals surface area contributed by atoms with Gasteiger partial charge in [-0.1, -0.05) is 0 Å². The molecule has 1 aliphatic rings. The van der Waals surface area contributed by atoms with E-state index in [1.165, 1.54) is 12.8 Å².